The van der Waals surface area contributed by atoms with Gasteiger partial charge < -0.3 is 9.72 Å². The number of hydrogen-bond donors (Lipinski definition) is 1. The van der Waals surface area contributed by atoms with Crippen molar-refractivity contribution in [2.75, 3.05) is 6.61 Å². The first-order chi connectivity index (χ1) is 8.70. The predicted octanol–water partition coefficient (Wildman–Crippen LogP) is 2.18. The Balaban J connectivity index is 2.73. The standard InChI is InChI=1S/C14H17NO3/c1-3-5-6-8-11(14(17)18-4-2)13(16)12-9-7-10-15-12/h1,7,9-11,15H,4-6,8H2,2H3. The van der Waals surface area contributed by atoms with Crippen molar-refractivity contribution >= 4 is 11.8 Å². The Morgan fingerprint density at radius 2 is 2.33 bits per heavy atom. The average Bonchev–Trinajstić information content (AvgIpc) is 2.88. The van der Waals surface area contributed by atoms with E-state index in [1.807, 2.05) is 0 Å². The third-order valence-electron chi connectivity index (χ3n) is 2.56. The first kappa shape index (κ1) is 14.0. The highest BCUT2D eigenvalue weighted by Gasteiger charge is 2.28. The van der Waals surface area contributed by atoms with Gasteiger partial charge in [-0.1, -0.05) is 0 Å². The number of carbonyl (C=O) groups excluding carboxylic acids is 2. The molecule has 0 amide bonds. The summed E-state index contributed by atoms with van der Waals surface area (Å²) < 4.78 is 4.93. The van der Waals surface area contributed by atoms with Gasteiger partial charge in [0.25, 0.3) is 0 Å². The fraction of sp³-hybridized carbons (Fsp3) is 0.429. The molecule has 1 aromatic rings. The van der Waals surface area contributed by atoms with Crippen LogP contribution < -0.4 is 0 Å². The van der Waals surface area contributed by atoms with Gasteiger partial charge in [-0.25, -0.2) is 0 Å². The minimum absolute atomic E-state index is 0.240. The second kappa shape index (κ2) is 7.33. The van der Waals surface area contributed by atoms with E-state index in [0.29, 0.717) is 25.0 Å². The van der Waals surface area contributed by atoms with Crippen molar-refractivity contribution in [2.45, 2.75) is 26.2 Å². The van der Waals surface area contributed by atoms with Gasteiger partial charge in [0.15, 0.2) is 5.78 Å². The van der Waals surface area contributed by atoms with E-state index in [4.69, 9.17) is 11.2 Å². The zero-order valence-electron chi connectivity index (χ0n) is 10.4. The molecule has 96 valence electrons. The van der Waals surface area contributed by atoms with Crippen LogP contribution in [0.25, 0.3) is 0 Å². The molecular weight excluding hydrogens is 230 g/mol. The van der Waals surface area contributed by atoms with Gasteiger partial charge in [-0.15, -0.1) is 12.3 Å². The quantitative estimate of drug-likeness (QED) is 0.264. The summed E-state index contributed by atoms with van der Waals surface area (Å²) in [6.07, 6.45) is 8.41. The Labute approximate surface area is 107 Å². The van der Waals surface area contributed by atoms with Gasteiger partial charge in [0.1, 0.15) is 5.92 Å². The molecule has 0 aromatic carbocycles. The van der Waals surface area contributed by atoms with E-state index in [0.717, 1.165) is 0 Å². The molecule has 1 atom stereocenters. The molecule has 1 heterocycles. The number of ether oxygens (including phenoxy) is 1. The van der Waals surface area contributed by atoms with Crippen molar-refractivity contribution in [3.63, 3.8) is 0 Å². The zero-order valence-corrected chi connectivity index (χ0v) is 10.4. The molecule has 4 heteroatoms. The minimum Gasteiger partial charge on any atom is -0.465 e. The minimum atomic E-state index is -0.767. The maximum absolute atomic E-state index is 12.1. The van der Waals surface area contributed by atoms with Crippen LogP contribution in [0.15, 0.2) is 18.3 Å². The van der Waals surface area contributed by atoms with Crippen LogP contribution >= 0.6 is 0 Å². The molecular formula is C14H17NO3. The third kappa shape index (κ3) is 3.77. The molecule has 1 rings (SSSR count). The Morgan fingerprint density at radius 3 is 2.89 bits per heavy atom. The molecule has 0 saturated heterocycles. The molecule has 0 bridgehead atoms. The lowest BCUT2D eigenvalue weighted by molar-refractivity contribution is -0.146. The number of Topliss-reactive ketones (excluding diaryl/α,β-unsaturated/α-hetero) is 1. The van der Waals surface area contributed by atoms with E-state index in [2.05, 4.69) is 10.9 Å². The van der Waals surface area contributed by atoms with Gasteiger partial charge in [0.05, 0.1) is 12.3 Å². The number of aromatic amines is 1. The molecule has 1 N–H and O–H groups in total. The van der Waals surface area contributed by atoms with Gasteiger partial charge in [0.2, 0.25) is 0 Å². The summed E-state index contributed by atoms with van der Waals surface area (Å²) in [4.78, 5) is 26.7. The number of carbonyl (C=O) groups is 2. The highest BCUT2D eigenvalue weighted by molar-refractivity contribution is 6.07. The molecule has 0 spiro atoms. The summed E-state index contributed by atoms with van der Waals surface area (Å²) in [5.41, 5.74) is 0.425. The molecule has 0 aliphatic heterocycles. The molecule has 0 saturated carbocycles. The molecule has 1 unspecified atom stereocenters. The van der Waals surface area contributed by atoms with Crippen LogP contribution in [0.2, 0.25) is 0 Å². The molecule has 0 fully saturated rings. The smallest absolute Gasteiger partial charge is 0.316 e. The predicted molar refractivity (Wildman–Crippen MR) is 67.9 cm³/mol. The molecule has 1 aromatic heterocycles. The molecule has 0 aliphatic rings. The second-order valence-electron chi connectivity index (χ2n) is 3.85. The Bertz CT molecular complexity index is 428. The number of ketones is 1. The topological polar surface area (TPSA) is 59.2 Å². The van der Waals surface area contributed by atoms with Crippen LogP contribution in [0.1, 0.15) is 36.7 Å². The Kier molecular flexibility index (Phi) is 5.72. The van der Waals surface area contributed by atoms with Crippen molar-refractivity contribution < 1.29 is 14.3 Å². The number of aromatic nitrogens is 1. The number of nitrogens with one attached hydrogen (secondary N) is 1. The van der Waals surface area contributed by atoms with Gasteiger partial charge in [-0.2, -0.15) is 0 Å². The summed E-state index contributed by atoms with van der Waals surface area (Å²) in [5.74, 6) is 1.01. The second-order valence-corrected chi connectivity index (χ2v) is 3.85. The Hall–Kier alpha value is -2.02. The van der Waals surface area contributed by atoms with Crippen LogP contribution in [-0.4, -0.2) is 23.3 Å². The summed E-state index contributed by atoms with van der Waals surface area (Å²) in [6.45, 7) is 1.98. The number of hydrogen-bond acceptors (Lipinski definition) is 3. The number of unbranched alkanes of at least 4 members (excludes halogenated alkanes) is 1. The van der Waals surface area contributed by atoms with E-state index in [9.17, 15) is 9.59 Å². The molecule has 0 aliphatic carbocycles. The number of H-pyrrole nitrogens is 1. The summed E-state index contributed by atoms with van der Waals surface area (Å²) in [7, 11) is 0. The van der Waals surface area contributed by atoms with Crippen molar-refractivity contribution in [3.05, 3.63) is 24.0 Å². The maximum atomic E-state index is 12.1. The molecule has 18 heavy (non-hydrogen) atoms. The highest BCUT2D eigenvalue weighted by Crippen LogP contribution is 2.16. The number of terminal acetylenes is 1. The number of esters is 1. The number of rotatable bonds is 7. The van der Waals surface area contributed by atoms with Crippen LogP contribution in [0, 0.1) is 18.3 Å². The van der Waals surface area contributed by atoms with Crippen LogP contribution in [0.3, 0.4) is 0 Å². The third-order valence-corrected chi connectivity index (χ3v) is 2.56. The van der Waals surface area contributed by atoms with E-state index < -0.39 is 11.9 Å². The largest absolute Gasteiger partial charge is 0.465 e. The first-order valence-corrected chi connectivity index (χ1v) is 5.98. The lowest BCUT2D eigenvalue weighted by Crippen LogP contribution is -2.26. The Morgan fingerprint density at radius 1 is 1.56 bits per heavy atom. The maximum Gasteiger partial charge on any atom is 0.316 e. The van der Waals surface area contributed by atoms with E-state index >= 15 is 0 Å². The SMILES string of the molecule is C#CCCCC(C(=O)OCC)C(=O)c1ccc[nH]1. The van der Waals surface area contributed by atoms with Crippen molar-refractivity contribution in [3.8, 4) is 12.3 Å². The van der Waals surface area contributed by atoms with Crippen LogP contribution in [0.4, 0.5) is 0 Å². The van der Waals surface area contributed by atoms with E-state index in [1.54, 1.807) is 25.3 Å². The fourth-order valence-electron chi connectivity index (χ4n) is 1.68. The monoisotopic (exact) mass is 247 g/mol. The van der Waals surface area contributed by atoms with Crippen LogP contribution in [0.5, 0.6) is 0 Å². The summed E-state index contributed by atoms with van der Waals surface area (Å²) >= 11 is 0. The molecule has 0 radical (unpaired) electrons. The van der Waals surface area contributed by atoms with Crippen molar-refractivity contribution in [1.29, 1.82) is 0 Å². The highest BCUT2D eigenvalue weighted by atomic mass is 16.5. The van der Waals surface area contributed by atoms with Crippen LogP contribution in [-0.2, 0) is 9.53 Å². The lowest BCUT2D eigenvalue weighted by atomic mass is 9.95. The van der Waals surface area contributed by atoms with Gasteiger partial charge in [-0.3, -0.25) is 9.59 Å². The first-order valence-electron chi connectivity index (χ1n) is 5.98. The summed E-state index contributed by atoms with van der Waals surface area (Å²) in [5, 5.41) is 0. The van der Waals surface area contributed by atoms with Gasteiger partial charge in [-0.05, 0) is 31.9 Å². The average molecular weight is 247 g/mol. The summed E-state index contributed by atoms with van der Waals surface area (Å²) in [6, 6.07) is 3.37. The van der Waals surface area contributed by atoms with E-state index in [-0.39, 0.29) is 12.4 Å². The fourth-order valence-corrected chi connectivity index (χ4v) is 1.68. The van der Waals surface area contributed by atoms with Gasteiger partial charge in [0, 0.05) is 12.6 Å². The van der Waals surface area contributed by atoms with Gasteiger partial charge >= 0.3 is 5.97 Å². The normalized spacial score (nSPS) is 11.6. The van der Waals surface area contributed by atoms with Crippen molar-refractivity contribution in [2.24, 2.45) is 5.92 Å². The molecule has 4 nitrogen and oxygen atoms in total. The zero-order chi connectivity index (χ0) is 13.4. The lowest BCUT2D eigenvalue weighted by Gasteiger charge is -2.13. The van der Waals surface area contributed by atoms with E-state index in [1.165, 1.54) is 0 Å². The van der Waals surface area contributed by atoms with Crippen molar-refractivity contribution in [1.82, 2.24) is 4.98 Å².